The molecular weight excluding hydrogens is 216 g/mol. The number of hydrogen-bond donors (Lipinski definition) is 0. The highest BCUT2D eigenvalue weighted by molar-refractivity contribution is 5.36. The molecule has 18 heavy (non-hydrogen) atoms. The van der Waals surface area contributed by atoms with Crippen LogP contribution in [-0.4, -0.2) is 0 Å². The second-order valence-corrected chi connectivity index (χ2v) is 4.52. The van der Waals surface area contributed by atoms with Gasteiger partial charge in [0.15, 0.2) is 0 Å². The number of hydrogen-bond acceptors (Lipinski definition) is 0. The molecule has 0 radical (unpaired) electrons. The van der Waals surface area contributed by atoms with Crippen LogP contribution in [0.5, 0.6) is 0 Å². The summed E-state index contributed by atoms with van der Waals surface area (Å²) in [5, 5.41) is 0. The van der Waals surface area contributed by atoms with Crippen LogP contribution in [0.2, 0.25) is 0 Å². The Kier molecular flexibility index (Phi) is 4.78. The summed E-state index contributed by atoms with van der Waals surface area (Å²) in [6.45, 7) is 2.21. The largest absolute Gasteiger partial charge is 0.0876 e. The lowest BCUT2D eigenvalue weighted by Crippen LogP contribution is -1.97. The Morgan fingerprint density at radius 2 is 1.33 bits per heavy atom. The molecule has 0 atom stereocenters. The van der Waals surface area contributed by atoms with E-state index in [9.17, 15) is 0 Å². The summed E-state index contributed by atoms with van der Waals surface area (Å²) in [6.07, 6.45) is 6.97. The van der Waals surface area contributed by atoms with Gasteiger partial charge in [0, 0.05) is 5.92 Å². The molecule has 0 aromatic heterocycles. The van der Waals surface area contributed by atoms with E-state index in [4.69, 9.17) is 0 Å². The summed E-state index contributed by atoms with van der Waals surface area (Å²) in [5.74, 6) is 0.374. The zero-order valence-corrected chi connectivity index (χ0v) is 10.9. The second kappa shape index (κ2) is 6.80. The van der Waals surface area contributed by atoms with Crippen molar-refractivity contribution in [3.05, 3.63) is 83.9 Å². The fourth-order valence-electron chi connectivity index (χ4n) is 2.13. The van der Waals surface area contributed by atoms with E-state index in [1.54, 1.807) is 0 Å². The van der Waals surface area contributed by atoms with Gasteiger partial charge in [-0.15, -0.1) is 0 Å². The van der Waals surface area contributed by atoms with Crippen LogP contribution in [0, 0.1) is 0 Å². The molecule has 0 saturated carbocycles. The van der Waals surface area contributed by atoms with Crippen molar-refractivity contribution < 1.29 is 0 Å². The van der Waals surface area contributed by atoms with Gasteiger partial charge in [0.25, 0.3) is 0 Å². The van der Waals surface area contributed by atoms with E-state index in [0.29, 0.717) is 5.92 Å². The van der Waals surface area contributed by atoms with E-state index >= 15 is 0 Å². The predicted molar refractivity (Wildman–Crippen MR) is 78.8 cm³/mol. The molecule has 0 spiro atoms. The third-order valence-electron chi connectivity index (χ3n) is 3.10. The van der Waals surface area contributed by atoms with E-state index < -0.39 is 0 Å². The molecule has 2 aromatic carbocycles. The molecule has 0 saturated heterocycles. The summed E-state index contributed by atoms with van der Waals surface area (Å²) in [6, 6.07) is 21.4. The molecule has 0 heteroatoms. The van der Waals surface area contributed by atoms with Crippen LogP contribution < -0.4 is 0 Å². The van der Waals surface area contributed by atoms with Crippen molar-refractivity contribution in [3.8, 4) is 0 Å². The van der Waals surface area contributed by atoms with Crippen LogP contribution in [0.3, 0.4) is 0 Å². The van der Waals surface area contributed by atoms with Crippen molar-refractivity contribution in [1.82, 2.24) is 0 Å². The van der Waals surface area contributed by atoms with Gasteiger partial charge in [0.05, 0.1) is 0 Å². The first kappa shape index (κ1) is 12.6. The molecule has 0 bridgehead atoms. The Morgan fingerprint density at radius 1 is 0.833 bits per heavy atom. The Morgan fingerprint density at radius 3 is 1.78 bits per heavy atom. The highest BCUT2D eigenvalue weighted by atomic mass is 14.1. The molecule has 0 aliphatic heterocycles. The maximum absolute atomic E-state index is 2.33. The summed E-state index contributed by atoms with van der Waals surface area (Å²) in [4.78, 5) is 0. The Labute approximate surface area is 110 Å². The highest BCUT2D eigenvalue weighted by Gasteiger charge is 2.09. The summed E-state index contributed by atoms with van der Waals surface area (Å²) >= 11 is 0. The van der Waals surface area contributed by atoms with Gasteiger partial charge in [-0.3, -0.25) is 0 Å². The normalized spacial score (nSPS) is 11.2. The highest BCUT2D eigenvalue weighted by Crippen LogP contribution is 2.25. The van der Waals surface area contributed by atoms with Crippen molar-refractivity contribution in [2.24, 2.45) is 0 Å². The minimum absolute atomic E-state index is 0.374. The lowest BCUT2D eigenvalue weighted by Gasteiger charge is -2.13. The van der Waals surface area contributed by atoms with Gasteiger partial charge in [0.1, 0.15) is 0 Å². The van der Waals surface area contributed by atoms with Crippen LogP contribution in [0.15, 0.2) is 72.8 Å². The first-order valence-electron chi connectivity index (χ1n) is 6.68. The average molecular weight is 236 g/mol. The lowest BCUT2D eigenvalue weighted by atomic mass is 9.91. The lowest BCUT2D eigenvalue weighted by molar-refractivity contribution is 0.937. The van der Waals surface area contributed by atoms with Crippen LogP contribution in [0.1, 0.15) is 36.8 Å². The molecule has 0 N–H and O–H groups in total. The van der Waals surface area contributed by atoms with Crippen molar-refractivity contribution in [3.63, 3.8) is 0 Å². The first-order chi connectivity index (χ1) is 8.92. The SMILES string of the molecule is CCCC=CC(c1ccccc1)c1ccccc1. The summed E-state index contributed by atoms with van der Waals surface area (Å²) < 4.78 is 0. The fraction of sp³-hybridized carbons (Fsp3) is 0.222. The molecule has 0 amide bonds. The number of unbranched alkanes of at least 4 members (excludes halogenated alkanes) is 1. The minimum atomic E-state index is 0.374. The maximum atomic E-state index is 2.33. The van der Waals surface area contributed by atoms with Gasteiger partial charge in [0.2, 0.25) is 0 Å². The molecule has 0 unspecified atom stereocenters. The van der Waals surface area contributed by atoms with Crippen LogP contribution >= 0.6 is 0 Å². The van der Waals surface area contributed by atoms with Gasteiger partial charge in [-0.1, -0.05) is 86.2 Å². The third-order valence-corrected chi connectivity index (χ3v) is 3.10. The van der Waals surface area contributed by atoms with E-state index in [-0.39, 0.29) is 0 Å². The van der Waals surface area contributed by atoms with Gasteiger partial charge >= 0.3 is 0 Å². The molecule has 92 valence electrons. The van der Waals surface area contributed by atoms with Crippen LogP contribution in [-0.2, 0) is 0 Å². The monoisotopic (exact) mass is 236 g/mol. The number of rotatable bonds is 5. The van der Waals surface area contributed by atoms with E-state index in [1.807, 2.05) is 0 Å². The average Bonchev–Trinajstić information content (AvgIpc) is 2.46. The Bertz CT molecular complexity index is 428. The van der Waals surface area contributed by atoms with Crippen molar-refractivity contribution in [2.45, 2.75) is 25.7 Å². The van der Waals surface area contributed by atoms with Crippen molar-refractivity contribution >= 4 is 0 Å². The third kappa shape index (κ3) is 3.33. The van der Waals surface area contributed by atoms with Gasteiger partial charge in [-0.2, -0.15) is 0 Å². The topological polar surface area (TPSA) is 0 Å². The van der Waals surface area contributed by atoms with Crippen molar-refractivity contribution in [2.75, 3.05) is 0 Å². The maximum Gasteiger partial charge on any atom is 0.0269 e. The fourth-order valence-corrected chi connectivity index (χ4v) is 2.13. The molecular formula is C18H20. The van der Waals surface area contributed by atoms with Crippen LogP contribution in [0.25, 0.3) is 0 Å². The van der Waals surface area contributed by atoms with E-state index in [1.165, 1.54) is 17.5 Å². The Hall–Kier alpha value is -1.82. The zero-order chi connectivity index (χ0) is 12.6. The first-order valence-corrected chi connectivity index (χ1v) is 6.68. The predicted octanol–water partition coefficient (Wildman–Crippen LogP) is 5.17. The molecule has 0 fully saturated rings. The molecule has 2 rings (SSSR count). The van der Waals surface area contributed by atoms with Gasteiger partial charge in [-0.05, 0) is 17.5 Å². The second-order valence-electron chi connectivity index (χ2n) is 4.52. The van der Waals surface area contributed by atoms with Crippen molar-refractivity contribution in [1.29, 1.82) is 0 Å². The van der Waals surface area contributed by atoms with E-state index in [2.05, 4.69) is 79.7 Å². The minimum Gasteiger partial charge on any atom is -0.0876 e. The smallest absolute Gasteiger partial charge is 0.0269 e. The Balaban J connectivity index is 2.29. The van der Waals surface area contributed by atoms with Gasteiger partial charge in [-0.25, -0.2) is 0 Å². The zero-order valence-electron chi connectivity index (χ0n) is 10.9. The quantitative estimate of drug-likeness (QED) is 0.628. The molecule has 2 aromatic rings. The van der Waals surface area contributed by atoms with Gasteiger partial charge < -0.3 is 0 Å². The molecule has 0 aliphatic carbocycles. The summed E-state index contributed by atoms with van der Waals surface area (Å²) in [7, 11) is 0. The standard InChI is InChI=1S/C18H20/c1-2-3-6-15-18(16-11-7-4-8-12-16)17-13-9-5-10-14-17/h4-15,18H,2-3H2,1H3. The summed E-state index contributed by atoms with van der Waals surface area (Å²) in [5.41, 5.74) is 2.71. The molecule has 0 heterocycles. The molecule has 0 aliphatic rings. The van der Waals surface area contributed by atoms with E-state index in [0.717, 1.165) is 6.42 Å². The number of allylic oxidation sites excluding steroid dienone is 2. The van der Waals surface area contributed by atoms with Crippen LogP contribution in [0.4, 0.5) is 0 Å². The molecule has 0 nitrogen and oxygen atoms in total. The number of benzene rings is 2.